The number of thiophene rings is 1. The molecule has 0 saturated carbocycles. The van der Waals surface area contributed by atoms with Gasteiger partial charge in [-0.15, -0.1) is 21.5 Å². The first-order valence-corrected chi connectivity index (χ1v) is 10.0. The summed E-state index contributed by atoms with van der Waals surface area (Å²) in [5.74, 6) is 1.32. The summed E-state index contributed by atoms with van der Waals surface area (Å²) in [5, 5.41) is 20.8. The summed E-state index contributed by atoms with van der Waals surface area (Å²) in [6.07, 6.45) is 1.75. The molecule has 0 aliphatic heterocycles. The van der Waals surface area contributed by atoms with Gasteiger partial charge in [-0.05, 0) is 23.6 Å². The predicted molar refractivity (Wildman–Crippen MR) is 105 cm³/mol. The highest BCUT2D eigenvalue weighted by Crippen LogP contribution is 2.26. The number of para-hydroxylation sites is 1. The van der Waals surface area contributed by atoms with E-state index in [9.17, 15) is 9.90 Å². The van der Waals surface area contributed by atoms with Crippen molar-refractivity contribution in [2.75, 3.05) is 0 Å². The highest BCUT2D eigenvalue weighted by molar-refractivity contribution is 7.98. The molecule has 27 heavy (non-hydrogen) atoms. The van der Waals surface area contributed by atoms with Gasteiger partial charge in [-0.1, -0.05) is 36.0 Å². The first-order chi connectivity index (χ1) is 13.2. The molecule has 0 saturated heterocycles. The highest BCUT2D eigenvalue weighted by Gasteiger charge is 2.16. The van der Waals surface area contributed by atoms with Gasteiger partial charge in [0, 0.05) is 23.1 Å². The molecule has 1 aromatic carbocycles. The van der Waals surface area contributed by atoms with Crippen LogP contribution in [0.2, 0.25) is 0 Å². The van der Waals surface area contributed by atoms with E-state index in [1.807, 2.05) is 46.3 Å². The lowest BCUT2D eigenvalue weighted by atomic mass is 10.3. The van der Waals surface area contributed by atoms with Crippen LogP contribution >= 0.6 is 23.1 Å². The third-order valence-corrected chi connectivity index (χ3v) is 5.66. The zero-order valence-electron chi connectivity index (χ0n) is 14.1. The van der Waals surface area contributed by atoms with Gasteiger partial charge in [0.05, 0.1) is 5.75 Å². The molecule has 6 nitrogen and oxygen atoms in total. The van der Waals surface area contributed by atoms with Gasteiger partial charge < -0.3 is 9.52 Å². The Morgan fingerprint density at radius 2 is 2.00 bits per heavy atom. The van der Waals surface area contributed by atoms with Gasteiger partial charge in [0.25, 0.3) is 0 Å². The molecule has 0 unspecified atom stereocenters. The van der Waals surface area contributed by atoms with E-state index >= 15 is 0 Å². The van der Waals surface area contributed by atoms with Gasteiger partial charge in [-0.3, -0.25) is 9.36 Å². The second-order valence-electron chi connectivity index (χ2n) is 5.71. The summed E-state index contributed by atoms with van der Waals surface area (Å²) in [4.78, 5) is 12.8. The van der Waals surface area contributed by atoms with Crippen molar-refractivity contribution >= 4 is 23.1 Å². The van der Waals surface area contributed by atoms with E-state index in [0.717, 1.165) is 17.8 Å². The van der Waals surface area contributed by atoms with Crippen LogP contribution < -0.4 is 5.43 Å². The first-order valence-electron chi connectivity index (χ1n) is 8.16. The second kappa shape index (κ2) is 7.81. The van der Waals surface area contributed by atoms with Crippen LogP contribution in [-0.4, -0.2) is 19.9 Å². The fourth-order valence-corrected chi connectivity index (χ4v) is 4.13. The average Bonchev–Trinajstić information content (AvgIpc) is 3.34. The van der Waals surface area contributed by atoms with Crippen molar-refractivity contribution in [3.8, 4) is 11.4 Å². The standard InChI is InChI=1S/C19H15N3O3S2/c23-16-9-14(25-11-17(16)24)12-27-19-21-20-18(10-15-7-4-8-26-15)22(19)13-5-2-1-3-6-13/h1-9,11,24H,10,12H2. The SMILES string of the molecule is O=c1cc(CSc2nnc(Cc3cccs3)n2-c2ccccc2)occ1O. The van der Waals surface area contributed by atoms with Gasteiger partial charge in [-0.25, -0.2) is 0 Å². The number of hydrogen-bond acceptors (Lipinski definition) is 7. The van der Waals surface area contributed by atoms with E-state index < -0.39 is 11.2 Å². The molecular formula is C19H15N3O3S2. The van der Waals surface area contributed by atoms with Gasteiger partial charge >= 0.3 is 0 Å². The maximum absolute atomic E-state index is 11.6. The molecule has 0 fully saturated rings. The molecule has 0 aliphatic rings. The van der Waals surface area contributed by atoms with Crippen LogP contribution in [0.25, 0.3) is 5.69 Å². The van der Waals surface area contributed by atoms with Crippen LogP contribution in [0.3, 0.4) is 0 Å². The van der Waals surface area contributed by atoms with Crippen LogP contribution in [0.4, 0.5) is 0 Å². The van der Waals surface area contributed by atoms with Crippen molar-refractivity contribution in [3.63, 3.8) is 0 Å². The quantitative estimate of drug-likeness (QED) is 0.498. The monoisotopic (exact) mass is 397 g/mol. The van der Waals surface area contributed by atoms with Crippen molar-refractivity contribution < 1.29 is 9.52 Å². The van der Waals surface area contributed by atoms with Crippen molar-refractivity contribution in [2.24, 2.45) is 0 Å². The number of nitrogens with zero attached hydrogens (tertiary/aromatic N) is 3. The van der Waals surface area contributed by atoms with E-state index in [4.69, 9.17) is 4.42 Å². The van der Waals surface area contributed by atoms with E-state index in [0.29, 0.717) is 23.1 Å². The maximum Gasteiger partial charge on any atom is 0.226 e. The smallest absolute Gasteiger partial charge is 0.226 e. The third-order valence-electron chi connectivity index (χ3n) is 3.84. The van der Waals surface area contributed by atoms with Crippen molar-refractivity contribution in [1.29, 1.82) is 0 Å². The molecule has 8 heteroatoms. The van der Waals surface area contributed by atoms with Crippen LogP contribution in [0.1, 0.15) is 16.5 Å². The van der Waals surface area contributed by atoms with E-state index in [-0.39, 0.29) is 0 Å². The summed E-state index contributed by atoms with van der Waals surface area (Å²) in [6.45, 7) is 0. The number of hydrogen-bond donors (Lipinski definition) is 1. The minimum absolute atomic E-state index is 0.394. The molecule has 0 spiro atoms. The average molecular weight is 397 g/mol. The van der Waals surface area contributed by atoms with E-state index in [1.165, 1.54) is 22.7 Å². The highest BCUT2D eigenvalue weighted by atomic mass is 32.2. The Kier molecular flexibility index (Phi) is 5.08. The molecule has 0 amide bonds. The molecule has 0 aliphatic carbocycles. The zero-order chi connectivity index (χ0) is 18.6. The van der Waals surface area contributed by atoms with Crippen LogP contribution in [-0.2, 0) is 12.2 Å². The molecule has 4 aromatic rings. The number of aromatic hydroxyl groups is 1. The van der Waals surface area contributed by atoms with Crippen LogP contribution in [0.15, 0.2) is 74.5 Å². The van der Waals surface area contributed by atoms with Crippen molar-refractivity contribution in [1.82, 2.24) is 14.8 Å². The van der Waals surface area contributed by atoms with Crippen LogP contribution in [0, 0.1) is 0 Å². The van der Waals surface area contributed by atoms with Crippen LogP contribution in [0.5, 0.6) is 5.75 Å². The van der Waals surface area contributed by atoms with Gasteiger partial charge in [0.2, 0.25) is 5.43 Å². The third kappa shape index (κ3) is 3.96. The summed E-state index contributed by atoms with van der Waals surface area (Å²) >= 11 is 3.10. The summed E-state index contributed by atoms with van der Waals surface area (Å²) < 4.78 is 7.29. The molecule has 0 atom stereocenters. The Hall–Kier alpha value is -2.84. The number of aromatic nitrogens is 3. The minimum Gasteiger partial charge on any atom is -0.502 e. The molecule has 4 rings (SSSR count). The largest absolute Gasteiger partial charge is 0.502 e. The minimum atomic E-state index is -0.459. The normalized spacial score (nSPS) is 11.0. The second-order valence-corrected chi connectivity index (χ2v) is 7.69. The van der Waals surface area contributed by atoms with Gasteiger partial charge in [0.1, 0.15) is 17.8 Å². The summed E-state index contributed by atoms with van der Waals surface area (Å²) in [7, 11) is 0. The molecule has 136 valence electrons. The van der Waals surface area contributed by atoms with Crippen molar-refractivity contribution in [3.05, 3.63) is 86.9 Å². The number of thioether (sulfide) groups is 1. The first kappa shape index (κ1) is 17.6. The molecule has 3 aromatic heterocycles. The van der Waals surface area contributed by atoms with Gasteiger partial charge in [0.15, 0.2) is 10.9 Å². The molecule has 0 radical (unpaired) electrons. The fraction of sp³-hybridized carbons (Fsp3) is 0.105. The molecule has 0 bridgehead atoms. The Balaban J connectivity index is 1.64. The Labute approximate surface area is 163 Å². The fourth-order valence-electron chi connectivity index (χ4n) is 2.57. The van der Waals surface area contributed by atoms with E-state index in [1.54, 1.807) is 11.3 Å². The predicted octanol–water partition coefficient (Wildman–Crippen LogP) is 3.87. The molecule has 1 N–H and O–H groups in total. The van der Waals surface area contributed by atoms with E-state index in [2.05, 4.69) is 16.3 Å². The number of benzene rings is 1. The Morgan fingerprint density at radius 3 is 2.74 bits per heavy atom. The van der Waals surface area contributed by atoms with Crippen molar-refractivity contribution in [2.45, 2.75) is 17.3 Å². The lowest BCUT2D eigenvalue weighted by molar-refractivity contribution is 0.419. The lowest BCUT2D eigenvalue weighted by Gasteiger charge is -2.09. The van der Waals surface area contributed by atoms with Gasteiger partial charge in [-0.2, -0.15) is 0 Å². The Morgan fingerprint density at radius 1 is 1.15 bits per heavy atom. The lowest BCUT2D eigenvalue weighted by Crippen LogP contribution is -2.03. The topological polar surface area (TPSA) is 81.2 Å². The molecular weight excluding hydrogens is 382 g/mol. The summed E-state index contributed by atoms with van der Waals surface area (Å²) in [5.41, 5.74) is 0.517. The Bertz CT molecular complexity index is 1090. The maximum atomic E-state index is 11.6. The number of rotatable bonds is 6. The molecule has 3 heterocycles. The zero-order valence-corrected chi connectivity index (χ0v) is 15.7. The summed E-state index contributed by atoms with van der Waals surface area (Å²) in [6, 6.07) is 15.3.